The topological polar surface area (TPSA) is 20.3 Å². The van der Waals surface area contributed by atoms with Gasteiger partial charge >= 0.3 is 0 Å². The first-order valence-electron chi connectivity index (χ1n) is 5.66. The highest BCUT2D eigenvalue weighted by atomic mass is 19.1. The summed E-state index contributed by atoms with van der Waals surface area (Å²) in [5.74, 6) is -0.714. The molecule has 1 aromatic carbocycles. The van der Waals surface area contributed by atoms with Gasteiger partial charge in [0.15, 0.2) is 0 Å². The normalized spacial score (nSPS) is 10.1. The van der Waals surface area contributed by atoms with Crippen LogP contribution in [0.5, 0.6) is 0 Å². The first-order chi connectivity index (χ1) is 7.97. The molecule has 0 aliphatic carbocycles. The van der Waals surface area contributed by atoms with E-state index in [4.69, 9.17) is 0 Å². The molecule has 0 heterocycles. The first-order valence-corrected chi connectivity index (χ1v) is 5.66. The molecule has 0 spiro atoms. The largest absolute Gasteiger partial charge is 0.335 e. The molecule has 0 aromatic heterocycles. The lowest BCUT2D eigenvalue weighted by molar-refractivity contribution is 0.0773. The molecule has 0 saturated heterocycles. The molecular formula is C14H18FNO. The van der Waals surface area contributed by atoms with Crippen LogP contribution < -0.4 is 0 Å². The molecule has 1 aromatic rings. The van der Waals surface area contributed by atoms with Crippen LogP contribution in [-0.4, -0.2) is 23.9 Å². The lowest BCUT2D eigenvalue weighted by Crippen LogP contribution is -2.32. The van der Waals surface area contributed by atoms with Crippen molar-refractivity contribution in [1.82, 2.24) is 4.90 Å². The summed E-state index contributed by atoms with van der Waals surface area (Å²) < 4.78 is 13.8. The van der Waals surface area contributed by atoms with Gasteiger partial charge in [0.2, 0.25) is 0 Å². The molecule has 92 valence electrons. The Morgan fingerprint density at radius 2 is 2.12 bits per heavy atom. The number of rotatable bonds is 4. The van der Waals surface area contributed by atoms with Crippen molar-refractivity contribution in [2.24, 2.45) is 0 Å². The van der Waals surface area contributed by atoms with Crippen molar-refractivity contribution >= 4 is 5.91 Å². The van der Waals surface area contributed by atoms with Gasteiger partial charge in [-0.25, -0.2) is 4.39 Å². The fourth-order valence-electron chi connectivity index (χ4n) is 1.64. The molecule has 0 bridgehead atoms. The maximum absolute atomic E-state index is 13.8. The molecule has 0 radical (unpaired) electrons. The van der Waals surface area contributed by atoms with Crippen molar-refractivity contribution in [2.75, 3.05) is 13.1 Å². The van der Waals surface area contributed by atoms with Gasteiger partial charge in [-0.3, -0.25) is 4.79 Å². The van der Waals surface area contributed by atoms with Crippen molar-refractivity contribution in [1.29, 1.82) is 0 Å². The number of amides is 1. The van der Waals surface area contributed by atoms with Gasteiger partial charge in [0, 0.05) is 13.1 Å². The zero-order valence-corrected chi connectivity index (χ0v) is 10.6. The molecule has 0 atom stereocenters. The van der Waals surface area contributed by atoms with Crippen molar-refractivity contribution in [3.05, 3.63) is 47.3 Å². The van der Waals surface area contributed by atoms with Crippen molar-refractivity contribution in [3.8, 4) is 0 Å². The fraction of sp³-hybridized carbons (Fsp3) is 0.357. The predicted molar refractivity (Wildman–Crippen MR) is 67.5 cm³/mol. The molecule has 17 heavy (non-hydrogen) atoms. The van der Waals surface area contributed by atoms with Gasteiger partial charge in [0.05, 0.1) is 5.56 Å². The predicted octanol–water partition coefficient (Wildman–Crippen LogP) is 3.17. The lowest BCUT2D eigenvalue weighted by atomic mass is 10.1. The second-order valence-electron chi connectivity index (χ2n) is 4.21. The van der Waals surface area contributed by atoms with Crippen molar-refractivity contribution < 1.29 is 9.18 Å². The van der Waals surface area contributed by atoms with E-state index in [0.29, 0.717) is 18.7 Å². The molecule has 0 aliphatic rings. The third kappa shape index (κ3) is 3.16. The number of carbonyl (C=O) groups is 1. The van der Waals surface area contributed by atoms with Crippen LogP contribution >= 0.6 is 0 Å². The summed E-state index contributed by atoms with van der Waals surface area (Å²) in [6, 6.07) is 4.87. The molecule has 1 amide bonds. The maximum atomic E-state index is 13.8. The highest BCUT2D eigenvalue weighted by Crippen LogP contribution is 2.14. The van der Waals surface area contributed by atoms with Gasteiger partial charge in [-0.05, 0) is 32.4 Å². The number of halogens is 1. The second-order valence-corrected chi connectivity index (χ2v) is 4.21. The molecular weight excluding hydrogens is 217 g/mol. The van der Waals surface area contributed by atoms with Crippen LogP contribution in [0.25, 0.3) is 0 Å². The minimum atomic E-state index is -0.433. The van der Waals surface area contributed by atoms with E-state index in [1.54, 1.807) is 24.0 Å². The summed E-state index contributed by atoms with van der Waals surface area (Å²) in [4.78, 5) is 13.7. The average Bonchev–Trinajstić information content (AvgIpc) is 2.28. The number of nitrogens with zero attached hydrogens (tertiary/aromatic N) is 1. The van der Waals surface area contributed by atoms with Crippen LogP contribution in [-0.2, 0) is 0 Å². The smallest absolute Gasteiger partial charge is 0.257 e. The SMILES string of the molecule is C=C(C)CN(CC)C(=O)c1cccc(C)c1F. The number of benzene rings is 1. The summed E-state index contributed by atoms with van der Waals surface area (Å²) in [5, 5.41) is 0. The number of carbonyl (C=O) groups excluding carboxylic acids is 1. The van der Waals surface area contributed by atoms with E-state index in [0.717, 1.165) is 5.57 Å². The van der Waals surface area contributed by atoms with E-state index in [-0.39, 0.29) is 11.5 Å². The number of hydrogen-bond donors (Lipinski definition) is 0. The van der Waals surface area contributed by atoms with E-state index >= 15 is 0 Å². The molecule has 2 nitrogen and oxygen atoms in total. The van der Waals surface area contributed by atoms with Crippen LogP contribution in [0.2, 0.25) is 0 Å². The zero-order valence-electron chi connectivity index (χ0n) is 10.6. The van der Waals surface area contributed by atoms with E-state index < -0.39 is 5.82 Å². The molecule has 0 unspecified atom stereocenters. The second kappa shape index (κ2) is 5.62. The minimum absolute atomic E-state index is 0.133. The summed E-state index contributed by atoms with van der Waals surface area (Å²) in [6.45, 7) is 10.1. The van der Waals surface area contributed by atoms with Crippen LogP contribution in [0.3, 0.4) is 0 Å². The lowest BCUT2D eigenvalue weighted by Gasteiger charge is -2.21. The highest BCUT2D eigenvalue weighted by molar-refractivity contribution is 5.94. The Balaban J connectivity index is 3.02. The molecule has 0 aliphatic heterocycles. The van der Waals surface area contributed by atoms with Gasteiger partial charge < -0.3 is 4.90 Å². The Labute approximate surface area is 102 Å². The molecule has 0 N–H and O–H groups in total. The standard InChI is InChI=1S/C14H18FNO/c1-5-16(9-10(2)3)14(17)12-8-6-7-11(4)13(12)15/h6-8H,2,5,9H2,1,3-4H3. The summed E-state index contributed by atoms with van der Waals surface area (Å²) in [5.41, 5.74) is 1.50. The monoisotopic (exact) mass is 235 g/mol. The third-order valence-electron chi connectivity index (χ3n) is 2.55. The van der Waals surface area contributed by atoms with E-state index in [1.807, 2.05) is 13.8 Å². The molecule has 3 heteroatoms. The van der Waals surface area contributed by atoms with Gasteiger partial charge in [-0.15, -0.1) is 0 Å². The van der Waals surface area contributed by atoms with Crippen LogP contribution in [0.15, 0.2) is 30.4 Å². The molecule has 0 fully saturated rings. The first kappa shape index (κ1) is 13.4. The van der Waals surface area contributed by atoms with E-state index in [9.17, 15) is 9.18 Å². The van der Waals surface area contributed by atoms with Gasteiger partial charge in [0.1, 0.15) is 5.82 Å². The Morgan fingerprint density at radius 1 is 1.47 bits per heavy atom. The highest BCUT2D eigenvalue weighted by Gasteiger charge is 2.18. The number of aryl methyl sites for hydroxylation is 1. The van der Waals surface area contributed by atoms with Gasteiger partial charge in [-0.2, -0.15) is 0 Å². The van der Waals surface area contributed by atoms with E-state index in [1.165, 1.54) is 6.07 Å². The molecule has 1 rings (SSSR count). The molecule has 0 saturated carbocycles. The Kier molecular flexibility index (Phi) is 4.44. The summed E-state index contributed by atoms with van der Waals surface area (Å²) in [6.07, 6.45) is 0. The fourth-order valence-corrected chi connectivity index (χ4v) is 1.64. The third-order valence-corrected chi connectivity index (χ3v) is 2.55. The summed E-state index contributed by atoms with van der Waals surface area (Å²) >= 11 is 0. The number of hydrogen-bond acceptors (Lipinski definition) is 1. The Hall–Kier alpha value is -1.64. The van der Waals surface area contributed by atoms with Crippen LogP contribution in [0, 0.1) is 12.7 Å². The Morgan fingerprint density at radius 3 is 2.65 bits per heavy atom. The minimum Gasteiger partial charge on any atom is -0.335 e. The number of likely N-dealkylation sites (N-methyl/N-ethyl adjacent to an activating group) is 1. The zero-order chi connectivity index (χ0) is 13.0. The average molecular weight is 235 g/mol. The van der Waals surface area contributed by atoms with Gasteiger partial charge in [-0.1, -0.05) is 24.3 Å². The quantitative estimate of drug-likeness (QED) is 0.734. The van der Waals surface area contributed by atoms with Crippen LogP contribution in [0.4, 0.5) is 4.39 Å². The van der Waals surface area contributed by atoms with Gasteiger partial charge in [0.25, 0.3) is 5.91 Å². The Bertz CT molecular complexity index is 440. The van der Waals surface area contributed by atoms with Crippen molar-refractivity contribution in [3.63, 3.8) is 0 Å². The summed E-state index contributed by atoms with van der Waals surface area (Å²) in [7, 11) is 0. The van der Waals surface area contributed by atoms with E-state index in [2.05, 4.69) is 6.58 Å². The van der Waals surface area contributed by atoms with Crippen LogP contribution in [0.1, 0.15) is 29.8 Å². The van der Waals surface area contributed by atoms with Crippen molar-refractivity contribution in [2.45, 2.75) is 20.8 Å². The maximum Gasteiger partial charge on any atom is 0.257 e.